The van der Waals surface area contributed by atoms with Gasteiger partial charge in [0.25, 0.3) is 0 Å². The van der Waals surface area contributed by atoms with Gasteiger partial charge in [-0.2, -0.15) is 5.26 Å². The highest BCUT2D eigenvalue weighted by Gasteiger charge is 2.12. The second-order valence-corrected chi connectivity index (χ2v) is 6.21. The summed E-state index contributed by atoms with van der Waals surface area (Å²) < 4.78 is 5.79. The van der Waals surface area contributed by atoms with Gasteiger partial charge in [-0.15, -0.1) is 0 Å². The van der Waals surface area contributed by atoms with E-state index in [2.05, 4.69) is 22.1 Å². The number of nitrogens with zero attached hydrogens (tertiary/aromatic N) is 2. The molecular formula is C21H21N3O. The third kappa shape index (κ3) is 3.41. The fourth-order valence-corrected chi connectivity index (χ4v) is 3.00. The maximum absolute atomic E-state index is 9.66. The minimum absolute atomic E-state index is 0.486. The molecule has 0 saturated carbocycles. The maximum atomic E-state index is 9.66. The van der Waals surface area contributed by atoms with Crippen LogP contribution in [0.4, 0.5) is 0 Å². The van der Waals surface area contributed by atoms with Crippen LogP contribution in [0.5, 0.6) is 5.75 Å². The lowest BCUT2D eigenvalue weighted by Crippen LogP contribution is -1.98. The van der Waals surface area contributed by atoms with Crippen molar-refractivity contribution in [2.45, 2.75) is 27.7 Å². The van der Waals surface area contributed by atoms with Crippen LogP contribution in [0.2, 0.25) is 0 Å². The SMILES string of the molecule is CCOc1c(C)cc(C)cc1/C=C(/C#N)c1nc2ccc(C)cc2[nH]1. The van der Waals surface area contributed by atoms with Crippen molar-refractivity contribution in [3.63, 3.8) is 0 Å². The summed E-state index contributed by atoms with van der Waals surface area (Å²) in [6, 6.07) is 12.4. The van der Waals surface area contributed by atoms with Crippen LogP contribution in [-0.2, 0) is 0 Å². The van der Waals surface area contributed by atoms with Gasteiger partial charge in [-0.25, -0.2) is 4.98 Å². The molecule has 2 aromatic carbocycles. The Kier molecular flexibility index (Phi) is 4.58. The zero-order valence-electron chi connectivity index (χ0n) is 15.0. The molecule has 4 heteroatoms. The predicted octanol–water partition coefficient (Wildman–Crippen LogP) is 4.95. The molecule has 3 aromatic rings. The average molecular weight is 331 g/mol. The molecule has 0 aliphatic rings. The van der Waals surface area contributed by atoms with Crippen molar-refractivity contribution in [2.75, 3.05) is 6.61 Å². The van der Waals surface area contributed by atoms with Crippen LogP contribution in [0.1, 0.15) is 35.0 Å². The molecule has 0 bridgehead atoms. The minimum Gasteiger partial charge on any atom is -0.493 e. The number of fused-ring (bicyclic) bond motifs is 1. The van der Waals surface area contributed by atoms with Crippen LogP contribution >= 0.6 is 0 Å². The predicted molar refractivity (Wildman–Crippen MR) is 101 cm³/mol. The first kappa shape index (κ1) is 16.8. The molecule has 0 aliphatic heterocycles. The quantitative estimate of drug-likeness (QED) is 0.688. The summed E-state index contributed by atoms with van der Waals surface area (Å²) in [7, 11) is 0. The molecule has 25 heavy (non-hydrogen) atoms. The minimum atomic E-state index is 0.486. The molecule has 1 heterocycles. The van der Waals surface area contributed by atoms with Gasteiger partial charge >= 0.3 is 0 Å². The van der Waals surface area contributed by atoms with Crippen molar-refractivity contribution in [2.24, 2.45) is 0 Å². The molecule has 0 spiro atoms. The Morgan fingerprint density at radius 1 is 1.20 bits per heavy atom. The van der Waals surface area contributed by atoms with Gasteiger partial charge in [0.2, 0.25) is 0 Å². The number of rotatable bonds is 4. The molecule has 1 N–H and O–H groups in total. The second kappa shape index (κ2) is 6.82. The van der Waals surface area contributed by atoms with E-state index >= 15 is 0 Å². The normalized spacial score (nSPS) is 11.6. The van der Waals surface area contributed by atoms with Gasteiger partial charge in [0, 0.05) is 5.56 Å². The fraction of sp³-hybridized carbons (Fsp3) is 0.238. The number of ether oxygens (including phenoxy) is 1. The summed E-state index contributed by atoms with van der Waals surface area (Å²) in [6.45, 7) is 8.63. The van der Waals surface area contributed by atoms with E-state index in [1.54, 1.807) is 0 Å². The molecule has 4 nitrogen and oxygen atoms in total. The van der Waals surface area contributed by atoms with Gasteiger partial charge in [-0.05, 0) is 63.1 Å². The lowest BCUT2D eigenvalue weighted by atomic mass is 10.0. The van der Waals surface area contributed by atoms with E-state index in [1.165, 1.54) is 0 Å². The first-order valence-electron chi connectivity index (χ1n) is 8.34. The van der Waals surface area contributed by atoms with Gasteiger partial charge in [-0.3, -0.25) is 0 Å². The number of hydrogen-bond donors (Lipinski definition) is 1. The molecule has 1 aromatic heterocycles. The Morgan fingerprint density at radius 2 is 2.00 bits per heavy atom. The molecule has 126 valence electrons. The summed E-state index contributed by atoms with van der Waals surface area (Å²) in [5.41, 5.74) is 6.51. The van der Waals surface area contributed by atoms with Gasteiger partial charge in [0.1, 0.15) is 17.6 Å². The first-order chi connectivity index (χ1) is 12.0. The highest BCUT2D eigenvalue weighted by Crippen LogP contribution is 2.29. The monoisotopic (exact) mass is 331 g/mol. The van der Waals surface area contributed by atoms with Crippen molar-refractivity contribution < 1.29 is 4.74 Å². The molecular weight excluding hydrogens is 310 g/mol. The van der Waals surface area contributed by atoms with Crippen LogP contribution < -0.4 is 4.74 Å². The lowest BCUT2D eigenvalue weighted by molar-refractivity contribution is 0.337. The summed E-state index contributed by atoms with van der Waals surface area (Å²) >= 11 is 0. The molecule has 0 radical (unpaired) electrons. The number of hydrogen-bond acceptors (Lipinski definition) is 3. The number of benzene rings is 2. The molecule has 0 aliphatic carbocycles. The smallest absolute Gasteiger partial charge is 0.149 e. The van der Waals surface area contributed by atoms with E-state index in [-0.39, 0.29) is 0 Å². The molecule has 0 amide bonds. The Hall–Kier alpha value is -3.06. The third-order valence-electron chi connectivity index (χ3n) is 4.05. The van der Waals surface area contributed by atoms with Gasteiger partial charge in [-0.1, -0.05) is 17.7 Å². The van der Waals surface area contributed by atoms with Crippen molar-refractivity contribution >= 4 is 22.7 Å². The van der Waals surface area contributed by atoms with Crippen LogP contribution in [0.3, 0.4) is 0 Å². The number of aromatic nitrogens is 2. The lowest BCUT2D eigenvalue weighted by Gasteiger charge is -2.12. The standard InChI is InChI=1S/C21H21N3O/c1-5-25-20-15(4)8-14(3)9-16(20)11-17(12-22)21-23-18-7-6-13(2)10-19(18)24-21/h6-11H,5H2,1-4H3,(H,23,24)/b17-11-. The van der Waals surface area contributed by atoms with Crippen LogP contribution in [0.15, 0.2) is 30.3 Å². The van der Waals surface area contributed by atoms with E-state index in [1.807, 2.05) is 58.0 Å². The summed E-state index contributed by atoms with van der Waals surface area (Å²) in [4.78, 5) is 7.80. The van der Waals surface area contributed by atoms with E-state index in [4.69, 9.17) is 4.74 Å². The molecule has 0 unspecified atom stereocenters. The fourth-order valence-electron chi connectivity index (χ4n) is 3.00. The van der Waals surface area contributed by atoms with Gasteiger partial charge < -0.3 is 9.72 Å². The summed E-state index contributed by atoms with van der Waals surface area (Å²) in [6.07, 6.45) is 1.84. The number of nitriles is 1. The Balaban J connectivity index is 2.13. The number of allylic oxidation sites excluding steroid dienone is 1. The van der Waals surface area contributed by atoms with Crippen LogP contribution in [0, 0.1) is 32.1 Å². The number of H-pyrrole nitrogens is 1. The number of nitrogens with one attached hydrogen (secondary N) is 1. The van der Waals surface area contributed by atoms with Crippen molar-refractivity contribution in [1.82, 2.24) is 9.97 Å². The number of imidazole rings is 1. The Morgan fingerprint density at radius 3 is 2.72 bits per heavy atom. The van der Waals surface area contributed by atoms with Crippen LogP contribution in [0.25, 0.3) is 22.7 Å². The highest BCUT2D eigenvalue weighted by atomic mass is 16.5. The van der Waals surface area contributed by atoms with E-state index < -0.39 is 0 Å². The molecule has 0 saturated heterocycles. The van der Waals surface area contributed by atoms with Crippen molar-refractivity contribution in [3.8, 4) is 11.8 Å². The van der Waals surface area contributed by atoms with Crippen molar-refractivity contribution in [3.05, 3.63) is 58.4 Å². The highest BCUT2D eigenvalue weighted by molar-refractivity contribution is 5.91. The topological polar surface area (TPSA) is 61.7 Å². The third-order valence-corrected chi connectivity index (χ3v) is 4.05. The van der Waals surface area contributed by atoms with Crippen LogP contribution in [-0.4, -0.2) is 16.6 Å². The second-order valence-electron chi connectivity index (χ2n) is 6.21. The largest absolute Gasteiger partial charge is 0.493 e. The Bertz CT molecular complexity index is 1010. The van der Waals surface area contributed by atoms with Crippen molar-refractivity contribution in [1.29, 1.82) is 5.26 Å². The molecule has 0 atom stereocenters. The van der Waals surface area contributed by atoms with E-state index in [0.717, 1.165) is 39.0 Å². The zero-order valence-corrected chi connectivity index (χ0v) is 15.0. The average Bonchev–Trinajstić information content (AvgIpc) is 2.98. The molecule has 3 rings (SSSR count). The maximum Gasteiger partial charge on any atom is 0.149 e. The van der Waals surface area contributed by atoms with E-state index in [9.17, 15) is 5.26 Å². The summed E-state index contributed by atoms with van der Waals surface area (Å²) in [5, 5.41) is 9.66. The van der Waals surface area contributed by atoms with Gasteiger partial charge in [0.15, 0.2) is 0 Å². The molecule has 0 fully saturated rings. The Labute approximate surface area is 147 Å². The summed E-state index contributed by atoms with van der Waals surface area (Å²) in [5.74, 6) is 1.39. The van der Waals surface area contributed by atoms with E-state index in [0.29, 0.717) is 18.0 Å². The number of aryl methyl sites for hydroxylation is 3. The van der Waals surface area contributed by atoms with Gasteiger partial charge in [0.05, 0.1) is 23.2 Å². The number of aromatic amines is 1. The zero-order chi connectivity index (χ0) is 18.0. The first-order valence-corrected chi connectivity index (χ1v) is 8.34.